The lowest BCUT2D eigenvalue weighted by molar-refractivity contribution is 0.170. The molecule has 0 aliphatic heterocycles. The summed E-state index contributed by atoms with van der Waals surface area (Å²) in [7, 11) is 5.38. The minimum absolute atomic E-state index is 0.259. The molecule has 1 rings (SSSR count). The summed E-state index contributed by atoms with van der Waals surface area (Å²) in [5.41, 5.74) is 1.18. The zero-order chi connectivity index (χ0) is 15.0. The molecule has 0 saturated heterocycles. The van der Waals surface area contributed by atoms with E-state index in [0.717, 1.165) is 12.4 Å². The summed E-state index contributed by atoms with van der Waals surface area (Å²) in [5, 5.41) is 3.21. The van der Waals surface area contributed by atoms with Gasteiger partial charge in [-0.3, -0.25) is 0 Å². The van der Waals surface area contributed by atoms with Gasteiger partial charge in [-0.2, -0.15) is 0 Å². The Hall–Kier alpha value is -1.17. The van der Waals surface area contributed by atoms with Crippen molar-refractivity contribution in [3.63, 3.8) is 0 Å². The van der Waals surface area contributed by atoms with Crippen molar-refractivity contribution in [2.75, 3.05) is 45.9 Å². The average Bonchev–Trinajstić information content (AvgIpc) is 2.48. The molecule has 0 spiro atoms. The highest BCUT2D eigenvalue weighted by Gasteiger charge is 2.15. The molecule has 0 aliphatic carbocycles. The van der Waals surface area contributed by atoms with E-state index < -0.39 is 0 Å². The molecule has 2 unspecified atom stereocenters. The van der Waals surface area contributed by atoms with Gasteiger partial charge in [0.25, 0.3) is 0 Å². The molecule has 0 amide bonds. The van der Waals surface area contributed by atoms with Gasteiger partial charge in [-0.05, 0) is 32.5 Å². The number of hydrogen-bond donors (Lipinski definition) is 1. The molecule has 1 N–H and O–H groups in total. The van der Waals surface area contributed by atoms with Crippen molar-refractivity contribution in [1.82, 2.24) is 10.3 Å². The lowest BCUT2D eigenvalue weighted by Gasteiger charge is -2.30. The van der Waals surface area contributed by atoms with Crippen LogP contribution in [0.3, 0.4) is 0 Å². The molecule has 5 heteroatoms. The summed E-state index contributed by atoms with van der Waals surface area (Å²) in [6, 6.07) is 4.74. The number of rotatable bonds is 9. The van der Waals surface area contributed by atoms with Crippen LogP contribution in [0.4, 0.5) is 5.82 Å². The van der Waals surface area contributed by atoms with E-state index in [1.807, 2.05) is 13.2 Å². The predicted octanol–water partition coefficient (Wildman–Crippen LogP) is 1.85. The van der Waals surface area contributed by atoms with Crippen LogP contribution >= 0.6 is 0 Å². The molecule has 0 fully saturated rings. The van der Waals surface area contributed by atoms with E-state index in [0.29, 0.717) is 19.3 Å². The number of nitrogens with one attached hydrogen (secondary N) is 1. The van der Waals surface area contributed by atoms with Gasteiger partial charge in [-0.25, -0.2) is 4.98 Å². The molecule has 2 atom stereocenters. The number of anilines is 1. The Labute approximate surface area is 122 Å². The van der Waals surface area contributed by atoms with Gasteiger partial charge >= 0.3 is 0 Å². The smallest absolute Gasteiger partial charge is 0.128 e. The first-order valence-corrected chi connectivity index (χ1v) is 7.01. The number of pyridine rings is 1. The summed E-state index contributed by atoms with van der Waals surface area (Å²) in [4.78, 5) is 6.79. The van der Waals surface area contributed by atoms with Crippen LogP contribution in [0, 0.1) is 0 Å². The zero-order valence-electron chi connectivity index (χ0n) is 13.2. The third-order valence-electron chi connectivity index (χ3n) is 3.47. The van der Waals surface area contributed by atoms with Crippen LogP contribution in [-0.2, 0) is 9.47 Å². The molecule has 5 nitrogen and oxygen atoms in total. The van der Waals surface area contributed by atoms with Gasteiger partial charge in [-0.15, -0.1) is 0 Å². The number of methoxy groups -OCH3 is 2. The predicted molar refractivity (Wildman–Crippen MR) is 82.3 cm³/mol. The maximum atomic E-state index is 5.25. The van der Waals surface area contributed by atoms with Crippen LogP contribution in [0.25, 0.3) is 0 Å². The highest BCUT2D eigenvalue weighted by atomic mass is 16.5. The van der Waals surface area contributed by atoms with Crippen LogP contribution in [0.2, 0.25) is 0 Å². The largest absolute Gasteiger partial charge is 0.383 e. The Morgan fingerprint density at radius 1 is 1.25 bits per heavy atom. The Morgan fingerprint density at radius 2 is 2.00 bits per heavy atom. The standard InChI is InChI=1S/C15H27N3O2/c1-12(11-20-5)18(8-9-19-4)15-7-6-14(10-17-15)13(2)16-3/h6-7,10,12-13,16H,8-9,11H2,1-5H3. The zero-order valence-corrected chi connectivity index (χ0v) is 13.2. The van der Waals surface area contributed by atoms with Crippen molar-refractivity contribution < 1.29 is 9.47 Å². The van der Waals surface area contributed by atoms with Crippen LogP contribution in [-0.4, -0.2) is 52.1 Å². The highest BCUT2D eigenvalue weighted by molar-refractivity contribution is 5.41. The maximum Gasteiger partial charge on any atom is 0.128 e. The maximum absolute atomic E-state index is 5.25. The van der Waals surface area contributed by atoms with Gasteiger partial charge in [0.1, 0.15) is 5.82 Å². The summed E-state index contributed by atoms with van der Waals surface area (Å²) >= 11 is 0. The van der Waals surface area contributed by atoms with Crippen molar-refractivity contribution in [3.8, 4) is 0 Å². The second kappa shape index (κ2) is 8.89. The van der Waals surface area contributed by atoms with Gasteiger partial charge in [0.05, 0.1) is 19.3 Å². The molecular weight excluding hydrogens is 254 g/mol. The van der Waals surface area contributed by atoms with Gasteiger partial charge < -0.3 is 19.7 Å². The molecule has 1 aromatic heterocycles. The summed E-state index contributed by atoms with van der Waals surface area (Å²) < 4.78 is 10.4. The Morgan fingerprint density at radius 3 is 2.50 bits per heavy atom. The SMILES string of the molecule is CNC(C)c1ccc(N(CCOC)C(C)COC)nc1. The van der Waals surface area contributed by atoms with Crippen LogP contribution in [0.5, 0.6) is 0 Å². The molecule has 0 aromatic carbocycles. The molecule has 0 bridgehead atoms. The quantitative estimate of drug-likeness (QED) is 0.748. The van der Waals surface area contributed by atoms with E-state index >= 15 is 0 Å². The minimum atomic E-state index is 0.259. The van der Waals surface area contributed by atoms with Crippen molar-refractivity contribution in [3.05, 3.63) is 23.9 Å². The Kier molecular flexibility index (Phi) is 7.51. The van der Waals surface area contributed by atoms with Crippen molar-refractivity contribution in [1.29, 1.82) is 0 Å². The number of aromatic nitrogens is 1. The van der Waals surface area contributed by atoms with E-state index in [-0.39, 0.29) is 6.04 Å². The Balaban J connectivity index is 2.84. The fourth-order valence-electron chi connectivity index (χ4n) is 2.07. The molecule has 114 valence electrons. The van der Waals surface area contributed by atoms with Crippen LogP contribution in [0.15, 0.2) is 18.3 Å². The molecule has 0 aliphatic rings. The van der Waals surface area contributed by atoms with Crippen molar-refractivity contribution >= 4 is 5.82 Å². The summed E-state index contributed by atoms with van der Waals surface area (Å²) in [6.45, 7) is 6.39. The molecule has 20 heavy (non-hydrogen) atoms. The summed E-state index contributed by atoms with van der Waals surface area (Å²) in [6.07, 6.45) is 1.93. The lowest BCUT2D eigenvalue weighted by atomic mass is 10.1. The molecule has 0 saturated carbocycles. The van der Waals surface area contributed by atoms with Gasteiger partial charge in [0.15, 0.2) is 0 Å². The number of hydrogen-bond acceptors (Lipinski definition) is 5. The normalized spacial score (nSPS) is 14.1. The molecule has 1 aromatic rings. The van der Waals surface area contributed by atoms with E-state index in [1.54, 1.807) is 14.2 Å². The Bertz CT molecular complexity index is 370. The van der Waals surface area contributed by atoms with Crippen LogP contribution < -0.4 is 10.2 Å². The minimum Gasteiger partial charge on any atom is -0.383 e. The van der Waals surface area contributed by atoms with Crippen molar-refractivity contribution in [2.24, 2.45) is 0 Å². The van der Waals surface area contributed by atoms with Gasteiger partial charge in [0.2, 0.25) is 0 Å². The highest BCUT2D eigenvalue weighted by Crippen LogP contribution is 2.17. The van der Waals surface area contributed by atoms with Gasteiger partial charge in [-0.1, -0.05) is 6.07 Å². The first-order valence-electron chi connectivity index (χ1n) is 7.01. The third kappa shape index (κ3) is 4.74. The third-order valence-corrected chi connectivity index (χ3v) is 3.47. The molecular formula is C15H27N3O2. The fourth-order valence-corrected chi connectivity index (χ4v) is 2.07. The monoisotopic (exact) mass is 281 g/mol. The fraction of sp³-hybridized carbons (Fsp3) is 0.667. The van der Waals surface area contributed by atoms with E-state index in [1.165, 1.54) is 5.56 Å². The van der Waals surface area contributed by atoms with Crippen LogP contribution in [0.1, 0.15) is 25.5 Å². The van der Waals surface area contributed by atoms with E-state index in [4.69, 9.17) is 9.47 Å². The van der Waals surface area contributed by atoms with Crippen molar-refractivity contribution in [2.45, 2.75) is 25.9 Å². The van der Waals surface area contributed by atoms with Gasteiger partial charge in [0, 0.05) is 33.0 Å². The first kappa shape index (κ1) is 16.9. The second-order valence-electron chi connectivity index (χ2n) is 4.95. The molecule has 1 heterocycles. The number of ether oxygens (including phenoxy) is 2. The topological polar surface area (TPSA) is 46.6 Å². The second-order valence-corrected chi connectivity index (χ2v) is 4.95. The van der Waals surface area contributed by atoms with E-state index in [9.17, 15) is 0 Å². The average molecular weight is 281 g/mol. The number of nitrogens with zero attached hydrogens (tertiary/aromatic N) is 2. The molecule has 0 radical (unpaired) electrons. The van der Waals surface area contributed by atoms with E-state index in [2.05, 4.69) is 41.2 Å². The first-order chi connectivity index (χ1) is 9.63. The lowest BCUT2D eigenvalue weighted by Crippen LogP contribution is -2.39. The summed E-state index contributed by atoms with van der Waals surface area (Å²) in [5.74, 6) is 0.957.